The molecule has 7 nitrogen and oxygen atoms in total. The van der Waals surface area contributed by atoms with E-state index in [2.05, 4.69) is 20.2 Å². The summed E-state index contributed by atoms with van der Waals surface area (Å²) in [7, 11) is -3.41. The molecule has 2 N–H and O–H groups in total. The lowest BCUT2D eigenvalue weighted by Crippen LogP contribution is -2.13. The molecule has 0 saturated heterocycles. The highest BCUT2D eigenvalue weighted by molar-refractivity contribution is 7.92. The zero-order chi connectivity index (χ0) is 15.6. The minimum absolute atomic E-state index is 0.105. The van der Waals surface area contributed by atoms with E-state index in [0.29, 0.717) is 5.56 Å². The van der Waals surface area contributed by atoms with Gasteiger partial charge in [0.05, 0.1) is 6.26 Å². The number of aromatic nitrogens is 2. The zero-order valence-corrected chi connectivity index (χ0v) is 13.3. The van der Waals surface area contributed by atoms with Gasteiger partial charge in [-0.3, -0.25) is 14.8 Å². The van der Waals surface area contributed by atoms with Crippen molar-refractivity contribution in [1.29, 1.82) is 0 Å². The number of aryl methyl sites for hydroxylation is 2. The van der Waals surface area contributed by atoms with Gasteiger partial charge in [0, 0.05) is 5.56 Å². The first-order valence-electron chi connectivity index (χ1n) is 5.94. The highest BCUT2D eigenvalue weighted by atomic mass is 32.2. The van der Waals surface area contributed by atoms with E-state index in [-0.39, 0.29) is 16.2 Å². The predicted molar refractivity (Wildman–Crippen MR) is 82.2 cm³/mol. The van der Waals surface area contributed by atoms with Gasteiger partial charge in [0.25, 0.3) is 5.91 Å². The van der Waals surface area contributed by atoms with Crippen molar-refractivity contribution in [2.24, 2.45) is 0 Å². The number of nitrogens with zero attached hydrogens (tertiary/aromatic N) is 2. The van der Waals surface area contributed by atoms with Crippen LogP contribution in [-0.2, 0) is 10.0 Å². The number of carbonyl (C=O) groups excluding carboxylic acids is 1. The lowest BCUT2D eigenvalue weighted by atomic mass is 10.1. The van der Waals surface area contributed by atoms with Crippen LogP contribution in [0, 0.1) is 13.8 Å². The second-order valence-corrected chi connectivity index (χ2v) is 7.29. The number of nitrogens with one attached hydrogen (secondary N) is 2. The minimum atomic E-state index is -3.41. The predicted octanol–water partition coefficient (Wildman–Crippen LogP) is 1.78. The molecule has 0 aliphatic rings. The van der Waals surface area contributed by atoms with Crippen LogP contribution in [0.25, 0.3) is 0 Å². The molecule has 0 fully saturated rings. The van der Waals surface area contributed by atoms with E-state index in [1.54, 1.807) is 6.07 Å². The van der Waals surface area contributed by atoms with E-state index in [9.17, 15) is 13.2 Å². The molecular formula is C12H14N4O3S2. The van der Waals surface area contributed by atoms with E-state index < -0.39 is 10.0 Å². The summed E-state index contributed by atoms with van der Waals surface area (Å²) in [6.07, 6.45) is 1.02. The summed E-state index contributed by atoms with van der Waals surface area (Å²) in [5, 5.41) is 10.3. The van der Waals surface area contributed by atoms with Crippen molar-refractivity contribution in [3.8, 4) is 0 Å². The maximum absolute atomic E-state index is 12.2. The summed E-state index contributed by atoms with van der Waals surface area (Å²) in [4.78, 5) is 12.2. The molecule has 0 aliphatic carbocycles. The van der Waals surface area contributed by atoms with Crippen molar-refractivity contribution in [1.82, 2.24) is 10.2 Å². The smallest absolute Gasteiger partial charge is 0.257 e. The topological polar surface area (TPSA) is 101 Å². The average Bonchev–Trinajstić information content (AvgIpc) is 2.77. The van der Waals surface area contributed by atoms with Crippen molar-refractivity contribution < 1.29 is 13.2 Å². The number of carbonyl (C=O) groups is 1. The van der Waals surface area contributed by atoms with Gasteiger partial charge in [-0.05, 0) is 25.5 Å². The van der Waals surface area contributed by atoms with Crippen molar-refractivity contribution >= 4 is 37.5 Å². The second-order valence-electron chi connectivity index (χ2n) is 4.56. The largest absolute Gasteiger partial charge is 0.296 e. The van der Waals surface area contributed by atoms with E-state index in [4.69, 9.17) is 0 Å². The molecule has 112 valence electrons. The maximum atomic E-state index is 12.2. The fourth-order valence-electron chi connectivity index (χ4n) is 1.62. The van der Waals surface area contributed by atoms with Crippen LogP contribution >= 0.6 is 11.3 Å². The minimum Gasteiger partial charge on any atom is -0.296 e. The molecule has 1 aromatic heterocycles. The quantitative estimate of drug-likeness (QED) is 0.892. The summed E-state index contributed by atoms with van der Waals surface area (Å²) in [6, 6.07) is 5.56. The molecule has 1 aromatic carbocycles. The Morgan fingerprint density at radius 3 is 2.52 bits per heavy atom. The van der Waals surface area contributed by atoms with E-state index >= 15 is 0 Å². The molecule has 0 radical (unpaired) electrons. The van der Waals surface area contributed by atoms with Crippen LogP contribution in [-0.4, -0.2) is 30.8 Å². The molecule has 0 bridgehead atoms. The van der Waals surface area contributed by atoms with E-state index in [1.165, 1.54) is 0 Å². The van der Waals surface area contributed by atoms with Gasteiger partial charge in [0.15, 0.2) is 0 Å². The molecule has 0 spiro atoms. The fourth-order valence-corrected chi connectivity index (χ4v) is 3.09. The van der Waals surface area contributed by atoms with Crippen LogP contribution < -0.4 is 10.0 Å². The van der Waals surface area contributed by atoms with Crippen LogP contribution in [0.5, 0.6) is 0 Å². The summed E-state index contributed by atoms with van der Waals surface area (Å²) in [5.74, 6) is -0.307. The summed E-state index contributed by atoms with van der Waals surface area (Å²) in [5.41, 5.74) is 2.36. The number of sulfonamides is 1. The van der Waals surface area contributed by atoms with Crippen molar-refractivity contribution in [2.45, 2.75) is 13.8 Å². The Kier molecular flexibility index (Phi) is 4.24. The highest BCUT2D eigenvalue weighted by Crippen LogP contribution is 2.22. The first kappa shape index (κ1) is 15.4. The Bertz CT molecular complexity index is 784. The van der Waals surface area contributed by atoms with Crippen LogP contribution in [0.3, 0.4) is 0 Å². The summed E-state index contributed by atoms with van der Waals surface area (Å²) < 4.78 is 24.4. The Labute approximate surface area is 126 Å². The van der Waals surface area contributed by atoms with Gasteiger partial charge in [-0.25, -0.2) is 8.42 Å². The SMILES string of the molecule is Cc1ccc(C)c(C(=O)Nc2nnc(NS(C)(=O)=O)s2)c1. The van der Waals surface area contributed by atoms with Crippen molar-refractivity contribution in [3.63, 3.8) is 0 Å². The molecule has 2 rings (SSSR count). The Balaban J connectivity index is 2.15. The molecule has 2 aromatic rings. The lowest BCUT2D eigenvalue weighted by molar-refractivity contribution is 0.102. The highest BCUT2D eigenvalue weighted by Gasteiger charge is 2.13. The molecule has 21 heavy (non-hydrogen) atoms. The number of anilines is 2. The number of hydrogen-bond donors (Lipinski definition) is 2. The monoisotopic (exact) mass is 326 g/mol. The number of amides is 1. The van der Waals surface area contributed by atoms with Crippen LogP contribution in [0.2, 0.25) is 0 Å². The first-order chi connectivity index (χ1) is 9.74. The van der Waals surface area contributed by atoms with E-state index in [0.717, 1.165) is 28.7 Å². The molecule has 9 heteroatoms. The van der Waals surface area contributed by atoms with Crippen molar-refractivity contribution in [2.75, 3.05) is 16.3 Å². The van der Waals surface area contributed by atoms with Gasteiger partial charge in [-0.2, -0.15) is 0 Å². The van der Waals surface area contributed by atoms with Crippen LogP contribution in [0.15, 0.2) is 18.2 Å². The number of benzene rings is 1. The van der Waals surface area contributed by atoms with Gasteiger partial charge >= 0.3 is 0 Å². The molecular weight excluding hydrogens is 312 g/mol. The van der Waals surface area contributed by atoms with Gasteiger partial charge in [0.2, 0.25) is 20.3 Å². The molecule has 1 heterocycles. The van der Waals surface area contributed by atoms with Gasteiger partial charge in [-0.1, -0.05) is 29.0 Å². The van der Waals surface area contributed by atoms with Crippen LogP contribution in [0.4, 0.5) is 10.3 Å². The lowest BCUT2D eigenvalue weighted by Gasteiger charge is -2.05. The third kappa shape index (κ3) is 4.23. The normalized spacial score (nSPS) is 11.2. The fraction of sp³-hybridized carbons (Fsp3) is 0.250. The van der Waals surface area contributed by atoms with Gasteiger partial charge in [-0.15, -0.1) is 10.2 Å². The second kappa shape index (κ2) is 5.78. The van der Waals surface area contributed by atoms with Gasteiger partial charge < -0.3 is 0 Å². The Morgan fingerprint density at radius 2 is 1.86 bits per heavy atom. The average molecular weight is 326 g/mol. The summed E-state index contributed by atoms with van der Waals surface area (Å²) in [6.45, 7) is 3.74. The first-order valence-corrected chi connectivity index (χ1v) is 8.65. The number of hydrogen-bond acceptors (Lipinski definition) is 6. The standard InChI is InChI=1S/C12H14N4O3S2/c1-7-4-5-8(2)9(6-7)10(17)13-11-14-15-12(20-11)16-21(3,18)19/h4-6H,1-3H3,(H,15,16)(H,13,14,17). The Hall–Kier alpha value is -2.00. The molecule has 0 saturated carbocycles. The van der Waals surface area contributed by atoms with Crippen molar-refractivity contribution in [3.05, 3.63) is 34.9 Å². The molecule has 1 amide bonds. The van der Waals surface area contributed by atoms with E-state index in [1.807, 2.05) is 26.0 Å². The molecule has 0 unspecified atom stereocenters. The third-order valence-electron chi connectivity index (χ3n) is 2.56. The zero-order valence-electron chi connectivity index (χ0n) is 11.7. The van der Waals surface area contributed by atoms with Gasteiger partial charge in [0.1, 0.15) is 0 Å². The molecule has 0 aliphatic heterocycles. The summed E-state index contributed by atoms with van der Waals surface area (Å²) >= 11 is 0.948. The third-order valence-corrected chi connectivity index (χ3v) is 4.00. The maximum Gasteiger partial charge on any atom is 0.257 e. The van der Waals surface area contributed by atoms with Crippen LogP contribution in [0.1, 0.15) is 21.5 Å². The molecule has 0 atom stereocenters. The number of rotatable bonds is 4. The Morgan fingerprint density at radius 1 is 1.19 bits per heavy atom.